The van der Waals surface area contributed by atoms with Crippen LogP contribution in [0.4, 0.5) is 0 Å². The highest BCUT2D eigenvalue weighted by atomic mass is 32.1. The first-order valence-corrected chi connectivity index (χ1v) is 10.2. The van der Waals surface area contributed by atoms with E-state index in [0.29, 0.717) is 28.6 Å². The van der Waals surface area contributed by atoms with Crippen molar-refractivity contribution in [2.75, 3.05) is 6.79 Å². The van der Waals surface area contributed by atoms with E-state index in [0.717, 1.165) is 4.88 Å². The monoisotopic (exact) mass is 423 g/mol. The molecule has 0 radical (unpaired) electrons. The van der Waals surface area contributed by atoms with Crippen LogP contribution in [0.15, 0.2) is 57.8 Å². The highest BCUT2D eigenvalue weighted by molar-refractivity contribution is 7.09. The summed E-state index contributed by atoms with van der Waals surface area (Å²) in [6.45, 7) is 2.12. The molecule has 1 amide bonds. The molecule has 0 bridgehead atoms. The SMILES string of the molecule is Cc1ccc(C2/C(=C(\O)c3ccc4c(c3)OCO4)C(=O)C(=O)N2Cc2cccs2)o1. The van der Waals surface area contributed by atoms with Crippen molar-refractivity contribution in [3.8, 4) is 11.5 Å². The molecule has 0 saturated carbocycles. The van der Waals surface area contributed by atoms with Crippen molar-refractivity contribution < 1.29 is 28.6 Å². The van der Waals surface area contributed by atoms with Crippen LogP contribution in [-0.4, -0.2) is 28.5 Å². The minimum Gasteiger partial charge on any atom is -0.507 e. The lowest BCUT2D eigenvalue weighted by Gasteiger charge is -2.22. The maximum absolute atomic E-state index is 13.0. The molecule has 2 aliphatic heterocycles. The Balaban J connectivity index is 1.63. The Morgan fingerprint density at radius 2 is 2.00 bits per heavy atom. The summed E-state index contributed by atoms with van der Waals surface area (Å²) in [5.41, 5.74) is 0.353. The number of hydrogen-bond donors (Lipinski definition) is 1. The number of nitrogens with zero attached hydrogens (tertiary/aromatic N) is 1. The van der Waals surface area contributed by atoms with Gasteiger partial charge >= 0.3 is 0 Å². The highest BCUT2D eigenvalue weighted by Crippen LogP contribution is 2.42. The number of aliphatic hydroxyl groups excluding tert-OH is 1. The summed E-state index contributed by atoms with van der Waals surface area (Å²) in [5.74, 6) is 0.394. The number of benzene rings is 1. The molecule has 4 heterocycles. The number of aryl methyl sites for hydroxylation is 1. The zero-order chi connectivity index (χ0) is 20.8. The lowest BCUT2D eigenvalue weighted by atomic mass is 9.99. The summed E-state index contributed by atoms with van der Waals surface area (Å²) < 4.78 is 16.4. The topological polar surface area (TPSA) is 89.2 Å². The molecule has 152 valence electrons. The molecule has 30 heavy (non-hydrogen) atoms. The van der Waals surface area contributed by atoms with Crippen molar-refractivity contribution in [2.24, 2.45) is 0 Å². The van der Waals surface area contributed by atoms with Gasteiger partial charge in [-0.3, -0.25) is 9.59 Å². The van der Waals surface area contributed by atoms with E-state index in [-0.39, 0.29) is 24.7 Å². The Morgan fingerprint density at radius 3 is 2.73 bits per heavy atom. The van der Waals surface area contributed by atoms with Gasteiger partial charge in [-0.15, -0.1) is 11.3 Å². The first kappa shape index (κ1) is 18.5. The predicted molar refractivity (Wildman–Crippen MR) is 108 cm³/mol. The average molecular weight is 423 g/mol. The van der Waals surface area contributed by atoms with Gasteiger partial charge in [0, 0.05) is 10.4 Å². The number of carbonyl (C=O) groups excluding carboxylic acids is 2. The van der Waals surface area contributed by atoms with Crippen LogP contribution in [-0.2, 0) is 16.1 Å². The minimum atomic E-state index is -0.828. The van der Waals surface area contributed by atoms with Crippen LogP contribution >= 0.6 is 11.3 Å². The van der Waals surface area contributed by atoms with Gasteiger partial charge in [0.25, 0.3) is 11.7 Å². The largest absolute Gasteiger partial charge is 0.507 e. The van der Waals surface area contributed by atoms with Crippen molar-refractivity contribution in [3.05, 3.63) is 75.4 Å². The number of furan rings is 1. The highest BCUT2D eigenvalue weighted by Gasteiger charge is 2.47. The summed E-state index contributed by atoms with van der Waals surface area (Å²) in [7, 11) is 0. The Hall–Kier alpha value is -3.52. The van der Waals surface area contributed by atoms with Gasteiger partial charge in [-0.1, -0.05) is 6.07 Å². The number of fused-ring (bicyclic) bond motifs is 1. The molecular weight excluding hydrogens is 406 g/mol. The molecular formula is C22H17NO6S. The number of carbonyl (C=O) groups is 2. The molecule has 8 heteroatoms. The van der Waals surface area contributed by atoms with Gasteiger partial charge in [-0.2, -0.15) is 0 Å². The zero-order valence-electron chi connectivity index (χ0n) is 16.0. The van der Waals surface area contributed by atoms with Gasteiger partial charge in [0.2, 0.25) is 6.79 Å². The molecule has 1 unspecified atom stereocenters. The Labute approximate surface area is 175 Å². The molecule has 0 spiro atoms. The van der Waals surface area contributed by atoms with Crippen molar-refractivity contribution in [1.82, 2.24) is 4.90 Å². The van der Waals surface area contributed by atoms with Crippen LogP contribution in [0.5, 0.6) is 11.5 Å². The first-order chi connectivity index (χ1) is 14.5. The Bertz CT molecular complexity index is 1180. The third-order valence-electron chi connectivity index (χ3n) is 5.12. The van der Waals surface area contributed by atoms with Gasteiger partial charge in [-0.05, 0) is 48.7 Å². The van der Waals surface area contributed by atoms with E-state index in [1.807, 2.05) is 17.5 Å². The number of amides is 1. The first-order valence-electron chi connectivity index (χ1n) is 9.30. The number of aliphatic hydroxyl groups is 1. The van der Waals surface area contributed by atoms with Gasteiger partial charge in [0.15, 0.2) is 11.5 Å². The number of rotatable bonds is 4. The van der Waals surface area contributed by atoms with Gasteiger partial charge in [0.1, 0.15) is 23.3 Å². The summed E-state index contributed by atoms with van der Waals surface area (Å²) in [5, 5.41) is 13.0. The fourth-order valence-corrected chi connectivity index (χ4v) is 4.41. The van der Waals surface area contributed by atoms with E-state index < -0.39 is 17.7 Å². The maximum atomic E-state index is 13.0. The molecule has 1 fully saturated rings. The van der Waals surface area contributed by atoms with Crippen LogP contribution in [0.3, 0.4) is 0 Å². The summed E-state index contributed by atoms with van der Waals surface area (Å²) >= 11 is 1.49. The molecule has 3 aromatic rings. The molecule has 1 atom stereocenters. The molecule has 2 aromatic heterocycles. The molecule has 5 rings (SSSR count). The van der Waals surface area contributed by atoms with E-state index in [4.69, 9.17) is 13.9 Å². The van der Waals surface area contributed by atoms with Crippen molar-refractivity contribution >= 4 is 28.8 Å². The van der Waals surface area contributed by atoms with E-state index in [1.54, 1.807) is 37.3 Å². The van der Waals surface area contributed by atoms with Crippen molar-refractivity contribution in [2.45, 2.75) is 19.5 Å². The summed E-state index contributed by atoms with van der Waals surface area (Å²) in [6, 6.07) is 11.3. The van der Waals surface area contributed by atoms with Crippen LogP contribution in [0, 0.1) is 6.92 Å². The van der Waals surface area contributed by atoms with Crippen molar-refractivity contribution in [3.63, 3.8) is 0 Å². The number of likely N-dealkylation sites (tertiary alicyclic amines) is 1. The molecule has 0 aliphatic carbocycles. The number of hydrogen-bond acceptors (Lipinski definition) is 7. The Morgan fingerprint density at radius 1 is 1.17 bits per heavy atom. The Kier molecular flexibility index (Phi) is 4.36. The second kappa shape index (κ2) is 7.07. The lowest BCUT2D eigenvalue weighted by Crippen LogP contribution is -2.28. The van der Waals surface area contributed by atoms with Crippen molar-refractivity contribution in [1.29, 1.82) is 0 Å². The van der Waals surface area contributed by atoms with Crippen LogP contribution < -0.4 is 9.47 Å². The van der Waals surface area contributed by atoms with E-state index in [2.05, 4.69) is 0 Å². The number of ether oxygens (including phenoxy) is 2. The fraction of sp³-hybridized carbons (Fsp3) is 0.182. The average Bonchev–Trinajstić information content (AvgIpc) is 3.52. The summed E-state index contributed by atoms with van der Waals surface area (Å²) in [6.07, 6.45) is 0. The quantitative estimate of drug-likeness (QED) is 0.388. The van der Waals surface area contributed by atoms with Crippen LogP contribution in [0.2, 0.25) is 0 Å². The third kappa shape index (κ3) is 2.96. The molecule has 7 nitrogen and oxygen atoms in total. The van der Waals surface area contributed by atoms with E-state index in [9.17, 15) is 14.7 Å². The third-order valence-corrected chi connectivity index (χ3v) is 5.98. The predicted octanol–water partition coefficient (Wildman–Crippen LogP) is 4.00. The number of ketones is 1. The molecule has 1 aromatic carbocycles. The lowest BCUT2D eigenvalue weighted by molar-refractivity contribution is -0.140. The van der Waals surface area contributed by atoms with E-state index in [1.165, 1.54) is 16.2 Å². The van der Waals surface area contributed by atoms with Gasteiger partial charge in [-0.25, -0.2) is 0 Å². The molecule has 1 saturated heterocycles. The van der Waals surface area contributed by atoms with Gasteiger partial charge < -0.3 is 23.9 Å². The second-order valence-electron chi connectivity index (χ2n) is 7.02. The van der Waals surface area contributed by atoms with E-state index >= 15 is 0 Å². The fourth-order valence-electron chi connectivity index (χ4n) is 3.71. The molecule has 1 N–H and O–H groups in total. The number of thiophene rings is 1. The normalized spacial score (nSPS) is 19.6. The standard InChI is InChI=1S/C22H17NO6S/c1-12-4-6-16(29-12)19-18(20(24)13-5-7-15-17(9-13)28-11-27-15)21(25)22(26)23(19)10-14-3-2-8-30-14/h2-9,19,24H,10-11H2,1H3/b20-18+. The smallest absolute Gasteiger partial charge is 0.296 e. The minimum absolute atomic E-state index is 0.00947. The maximum Gasteiger partial charge on any atom is 0.296 e. The zero-order valence-corrected chi connectivity index (χ0v) is 16.8. The van der Waals surface area contributed by atoms with Crippen LogP contribution in [0.25, 0.3) is 5.76 Å². The van der Waals surface area contributed by atoms with Crippen LogP contribution in [0.1, 0.15) is 28.0 Å². The number of Topliss-reactive ketones (excluding diaryl/α,β-unsaturated/α-hetero) is 1. The van der Waals surface area contributed by atoms with Gasteiger partial charge in [0.05, 0.1) is 12.1 Å². The molecule has 2 aliphatic rings. The second-order valence-corrected chi connectivity index (χ2v) is 8.06. The summed E-state index contributed by atoms with van der Waals surface area (Å²) in [4.78, 5) is 28.2.